The molecule has 1 fully saturated rings. The van der Waals surface area contributed by atoms with Gasteiger partial charge in [-0.3, -0.25) is 9.53 Å². The lowest BCUT2D eigenvalue weighted by molar-refractivity contribution is -0.325. The Hall–Kier alpha value is -2.91. The molecule has 0 bridgehead atoms. The van der Waals surface area contributed by atoms with E-state index in [1.165, 1.54) is 6.07 Å². The van der Waals surface area contributed by atoms with E-state index in [9.17, 15) is 22.4 Å². The van der Waals surface area contributed by atoms with E-state index in [1.807, 2.05) is 0 Å². The molecule has 0 spiro atoms. The van der Waals surface area contributed by atoms with Crippen LogP contribution in [0.15, 0.2) is 48.7 Å². The van der Waals surface area contributed by atoms with Gasteiger partial charge in [0, 0.05) is 43.3 Å². The van der Waals surface area contributed by atoms with Gasteiger partial charge < -0.3 is 15.2 Å². The molecule has 5 nitrogen and oxygen atoms in total. The number of aromatic nitrogens is 1. The predicted octanol–water partition coefficient (Wildman–Crippen LogP) is 4.80. The summed E-state index contributed by atoms with van der Waals surface area (Å²) in [6.07, 6.45) is -1.87. The highest BCUT2D eigenvalue weighted by Gasteiger charge is 2.30. The summed E-state index contributed by atoms with van der Waals surface area (Å²) in [7, 11) is 0. The Kier molecular flexibility index (Phi) is 6.71. The van der Waals surface area contributed by atoms with Gasteiger partial charge in [-0.1, -0.05) is 30.3 Å². The first-order valence-corrected chi connectivity index (χ1v) is 10.8. The first kappa shape index (κ1) is 23.3. The van der Waals surface area contributed by atoms with Gasteiger partial charge in [-0.2, -0.15) is 0 Å². The monoisotopic (exact) mass is 463 g/mol. The number of ether oxygens (including phenoxy) is 1. The van der Waals surface area contributed by atoms with E-state index in [2.05, 4.69) is 4.74 Å². The minimum Gasteiger partial charge on any atom is -0.344 e. The van der Waals surface area contributed by atoms with Crippen molar-refractivity contribution in [2.45, 2.75) is 38.2 Å². The van der Waals surface area contributed by atoms with Crippen LogP contribution in [0.4, 0.5) is 17.6 Å². The number of benzene rings is 2. The number of carbonyl (C=O) groups excluding carboxylic acids is 1. The van der Waals surface area contributed by atoms with Gasteiger partial charge in [0.25, 0.3) is 5.91 Å². The highest BCUT2D eigenvalue weighted by atomic mass is 19.4. The van der Waals surface area contributed by atoms with Crippen molar-refractivity contribution in [1.82, 2.24) is 9.47 Å². The molecular formula is C24H25F4N3O2. The molecule has 0 unspecified atom stereocenters. The van der Waals surface area contributed by atoms with Gasteiger partial charge in [0.15, 0.2) is 0 Å². The Morgan fingerprint density at radius 3 is 2.55 bits per heavy atom. The summed E-state index contributed by atoms with van der Waals surface area (Å²) in [5, 5.41) is 0.679. The van der Waals surface area contributed by atoms with E-state index in [0.29, 0.717) is 54.5 Å². The average molecular weight is 463 g/mol. The van der Waals surface area contributed by atoms with Crippen molar-refractivity contribution in [1.29, 1.82) is 0 Å². The van der Waals surface area contributed by atoms with Crippen molar-refractivity contribution in [2.75, 3.05) is 19.7 Å². The summed E-state index contributed by atoms with van der Waals surface area (Å²) >= 11 is 0. The molecule has 1 amide bonds. The molecule has 176 valence electrons. The van der Waals surface area contributed by atoms with E-state index in [-0.39, 0.29) is 24.2 Å². The number of likely N-dealkylation sites (tertiary alicyclic amines) is 1. The summed E-state index contributed by atoms with van der Waals surface area (Å²) in [6, 6.07) is 12.0. The minimum absolute atomic E-state index is 0.00131. The standard InChI is InChI=1S/C24H25F4N3O2/c25-21-6-5-16(14-29)13-19(21)17-7-9-30(10-8-17)23(32)20-15-31(11-12-33-24(26,27)28)22-4-2-1-3-18(20)22/h1-6,13,15,17H,7-12,14,29H2. The zero-order valence-corrected chi connectivity index (χ0v) is 17.9. The van der Waals surface area contributed by atoms with Crippen LogP contribution in [0, 0.1) is 5.82 Å². The van der Waals surface area contributed by atoms with Crippen LogP contribution in [0.25, 0.3) is 10.9 Å². The summed E-state index contributed by atoms with van der Waals surface area (Å²) in [5.74, 6) is -0.446. The average Bonchev–Trinajstić information content (AvgIpc) is 3.17. The van der Waals surface area contributed by atoms with Crippen LogP contribution in [0.5, 0.6) is 0 Å². The Balaban J connectivity index is 1.48. The van der Waals surface area contributed by atoms with E-state index in [1.54, 1.807) is 52.1 Å². The molecule has 3 aromatic rings. The lowest BCUT2D eigenvalue weighted by Gasteiger charge is -2.32. The molecule has 0 atom stereocenters. The molecule has 2 aromatic carbocycles. The van der Waals surface area contributed by atoms with Crippen LogP contribution in [0.3, 0.4) is 0 Å². The van der Waals surface area contributed by atoms with Gasteiger partial charge in [0.2, 0.25) is 0 Å². The van der Waals surface area contributed by atoms with Crippen LogP contribution in [-0.2, 0) is 17.8 Å². The van der Waals surface area contributed by atoms with Gasteiger partial charge in [-0.05, 0) is 42.0 Å². The summed E-state index contributed by atoms with van der Waals surface area (Å²) < 4.78 is 56.9. The first-order chi connectivity index (χ1) is 15.8. The van der Waals surface area contributed by atoms with Crippen LogP contribution >= 0.6 is 0 Å². The number of hydrogen-bond acceptors (Lipinski definition) is 3. The SMILES string of the molecule is NCc1ccc(F)c(C2CCN(C(=O)c3cn(CCOC(F)(F)F)c4ccccc34)CC2)c1. The Morgan fingerprint density at radius 1 is 1.12 bits per heavy atom. The zero-order valence-electron chi connectivity index (χ0n) is 17.9. The normalized spacial score (nSPS) is 15.4. The lowest BCUT2D eigenvalue weighted by Crippen LogP contribution is -2.38. The number of hydrogen-bond donors (Lipinski definition) is 1. The van der Waals surface area contributed by atoms with E-state index < -0.39 is 13.0 Å². The molecule has 1 aliphatic rings. The molecule has 0 aliphatic carbocycles. The Morgan fingerprint density at radius 2 is 1.85 bits per heavy atom. The van der Waals surface area contributed by atoms with Gasteiger partial charge >= 0.3 is 6.36 Å². The Labute approximate surface area is 188 Å². The van der Waals surface area contributed by atoms with Gasteiger partial charge in [0.05, 0.1) is 12.2 Å². The number of rotatable bonds is 6. The molecule has 1 aromatic heterocycles. The number of amides is 1. The topological polar surface area (TPSA) is 60.5 Å². The van der Waals surface area contributed by atoms with Crippen LogP contribution in [0.1, 0.15) is 40.2 Å². The zero-order chi connectivity index (χ0) is 23.6. The molecular weight excluding hydrogens is 438 g/mol. The van der Waals surface area contributed by atoms with E-state index >= 15 is 0 Å². The molecule has 1 aliphatic heterocycles. The maximum atomic E-state index is 14.4. The second-order valence-electron chi connectivity index (χ2n) is 8.17. The molecule has 2 N–H and O–H groups in total. The molecule has 0 radical (unpaired) electrons. The van der Waals surface area contributed by atoms with Crippen LogP contribution in [0.2, 0.25) is 0 Å². The number of halogens is 4. The fourth-order valence-electron chi connectivity index (χ4n) is 4.46. The molecule has 33 heavy (non-hydrogen) atoms. The Bertz CT molecular complexity index is 1130. The molecule has 1 saturated heterocycles. The first-order valence-electron chi connectivity index (χ1n) is 10.8. The third kappa shape index (κ3) is 5.20. The van der Waals surface area contributed by atoms with Crippen LogP contribution < -0.4 is 5.73 Å². The van der Waals surface area contributed by atoms with Crippen molar-refractivity contribution in [3.05, 3.63) is 71.2 Å². The summed E-state index contributed by atoms with van der Waals surface area (Å²) in [6.45, 7) is 0.683. The third-order valence-electron chi connectivity index (χ3n) is 6.14. The van der Waals surface area contributed by atoms with Gasteiger partial charge in [-0.15, -0.1) is 13.2 Å². The van der Waals surface area contributed by atoms with Gasteiger partial charge in [-0.25, -0.2) is 4.39 Å². The highest BCUT2D eigenvalue weighted by molar-refractivity contribution is 6.07. The van der Waals surface area contributed by atoms with Crippen LogP contribution in [-0.4, -0.2) is 41.4 Å². The second kappa shape index (κ2) is 9.52. The predicted molar refractivity (Wildman–Crippen MR) is 116 cm³/mol. The molecule has 4 rings (SSSR count). The summed E-state index contributed by atoms with van der Waals surface area (Å²) in [4.78, 5) is 15.0. The van der Waals surface area contributed by atoms with Crippen molar-refractivity contribution >= 4 is 16.8 Å². The number of nitrogens with zero attached hydrogens (tertiary/aromatic N) is 2. The number of carbonyl (C=O) groups is 1. The lowest BCUT2D eigenvalue weighted by atomic mass is 9.88. The smallest absolute Gasteiger partial charge is 0.344 e. The fourth-order valence-corrected chi connectivity index (χ4v) is 4.46. The summed E-state index contributed by atoms with van der Waals surface area (Å²) in [5.41, 5.74) is 8.29. The molecule has 9 heteroatoms. The number of alkyl halides is 3. The maximum absolute atomic E-state index is 14.4. The van der Waals surface area contributed by atoms with Crippen molar-refractivity contribution in [3.63, 3.8) is 0 Å². The molecule has 0 saturated carbocycles. The van der Waals surface area contributed by atoms with Crippen molar-refractivity contribution < 1.29 is 27.1 Å². The third-order valence-corrected chi connectivity index (χ3v) is 6.14. The number of para-hydroxylation sites is 1. The van der Waals surface area contributed by atoms with E-state index in [4.69, 9.17) is 5.73 Å². The number of nitrogens with two attached hydrogens (primary N) is 1. The largest absolute Gasteiger partial charge is 0.522 e. The second-order valence-corrected chi connectivity index (χ2v) is 8.17. The van der Waals surface area contributed by atoms with Crippen molar-refractivity contribution in [3.8, 4) is 0 Å². The quantitative estimate of drug-likeness (QED) is 0.535. The highest BCUT2D eigenvalue weighted by Crippen LogP contribution is 2.32. The fraction of sp³-hybridized carbons (Fsp3) is 0.375. The van der Waals surface area contributed by atoms with E-state index in [0.717, 1.165) is 5.56 Å². The van der Waals surface area contributed by atoms with Gasteiger partial charge in [0.1, 0.15) is 5.82 Å². The maximum Gasteiger partial charge on any atom is 0.522 e. The number of fused-ring (bicyclic) bond motifs is 1. The number of piperidine rings is 1. The minimum atomic E-state index is -4.70. The molecule has 2 heterocycles. The van der Waals surface area contributed by atoms with Crippen molar-refractivity contribution in [2.24, 2.45) is 5.73 Å².